The second kappa shape index (κ2) is 10.9. The number of pyridine rings is 2. The van der Waals surface area contributed by atoms with Gasteiger partial charge < -0.3 is 14.7 Å². The van der Waals surface area contributed by atoms with Gasteiger partial charge in [-0.1, -0.05) is 11.1 Å². The summed E-state index contributed by atoms with van der Waals surface area (Å²) in [5.41, 5.74) is 4.25. The Morgan fingerprint density at radius 1 is 1.21 bits per heavy atom. The minimum absolute atomic E-state index is 0.296. The number of aliphatic hydroxyl groups is 1. The smallest absolute Gasteiger partial charge is 0.163 e. The van der Waals surface area contributed by atoms with Gasteiger partial charge in [0.25, 0.3) is 0 Å². The topological polar surface area (TPSA) is 93.6 Å². The van der Waals surface area contributed by atoms with Crippen molar-refractivity contribution >= 4 is 5.52 Å². The number of aromatic nitrogens is 6. The number of nitrogens with zero attached hydrogens (tertiary/aromatic N) is 7. The van der Waals surface area contributed by atoms with Crippen molar-refractivity contribution in [3.8, 4) is 28.8 Å². The fraction of sp³-hybridized carbons (Fsp3) is 0.429. The molecule has 1 unspecified atom stereocenters. The Hall–Kier alpha value is -3.81. The van der Waals surface area contributed by atoms with Gasteiger partial charge in [-0.15, -0.1) is 11.0 Å². The van der Waals surface area contributed by atoms with Gasteiger partial charge >= 0.3 is 0 Å². The van der Waals surface area contributed by atoms with Crippen molar-refractivity contribution in [2.75, 3.05) is 19.7 Å². The number of ether oxygens (including phenoxy) is 1. The van der Waals surface area contributed by atoms with Crippen LogP contribution in [0.2, 0.25) is 0 Å². The van der Waals surface area contributed by atoms with Crippen LogP contribution in [0.25, 0.3) is 16.8 Å². The zero-order chi connectivity index (χ0) is 26.8. The van der Waals surface area contributed by atoms with Crippen LogP contribution in [-0.2, 0) is 0 Å². The molecule has 198 valence electrons. The van der Waals surface area contributed by atoms with Crippen molar-refractivity contribution in [1.82, 2.24) is 34.5 Å². The van der Waals surface area contributed by atoms with Crippen LogP contribution >= 0.6 is 0 Å². The van der Waals surface area contributed by atoms with E-state index in [1.807, 2.05) is 23.9 Å². The van der Waals surface area contributed by atoms with Gasteiger partial charge in [-0.25, -0.2) is 13.6 Å². The quantitative estimate of drug-likeness (QED) is 0.371. The lowest BCUT2D eigenvalue weighted by molar-refractivity contribution is 0.114. The lowest BCUT2D eigenvalue weighted by atomic mass is 10.0. The van der Waals surface area contributed by atoms with Crippen molar-refractivity contribution in [3.05, 3.63) is 59.6 Å². The first-order valence-electron chi connectivity index (χ1n) is 12.9. The predicted octanol–water partition coefficient (Wildman–Crippen LogP) is 3.96. The monoisotopic (exact) mass is 517 g/mol. The van der Waals surface area contributed by atoms with Crippen LogP contribution in [-0.4, -0.2) is 65.3 Å². The molecule has 1 saturated heterocycles. The summed E-state index contributed by atoms with van der Waals surface area (Å²) in [6.07, 6.45) is 5.91. The summed E-state index contributed by atoms with van der Waals surface area (Å²) in [5, 5.41) is 23.7. The van der Waals surface area contributed by atoms with Crippen molar-refractivity contribution in [2.45, 2.75) is 58.7 Å². The van der Waals surface area contributed by atoms with E-state index in [0.717, 1.165) is 49.1 Å². The Bertz CT molecular complexity index is 1470. The van der Waals surface area contributed by atoms with Crippen LogP contribution < -0.4 is 4.74 Å². The lowest BCUT2D eigenvalue weighted by Gasteiger charge is -2.34. The van der Waals surface area contributed by atoms with Gasteiger partial charge in [-0.2, -0.15) is 5.10 Å². The molecule has 1 atom stereocenters. The van der Waals surface area contributed by atoms with Gasteiger partial charge in [0.1, 0.15) is 22.8 Å². The summed E-state index contributed by atoms with van der Waals surface area (Å²) in [6, 6.07) is 5.50. The third-order valence-corrected chi connectivity index (χ3v) is 7.13. The third-order valence-electron chi connectivity index (χ3n) is 7.13. The van der Waals surface area contributed by atoms with Crippen LogP contribution in [0.1, 0.15) is 62.7 Å². The van der Waals surface area contributed by atoms with E-state index >= 15 is 0 Å². The van der Waals surface area contributed by atoms with E-state index in [-0.39, 0.29) is 6.61 Å². The molecule has 1 aliphatic heterocycles. The number of halogens is 1. The highest BCUT2D eigenvalue weighted by molar-refractivity contribution is 5.75. The number of hydrogen-bond donors (Lipinski definition) is 1. The maximum absolute atomic E-state index is 13.4. The average molecular weight is 518 g/mol. The molecule has 0 radical (unpaired) electrons. The minimum atomic E-state index is -0.810. The summed E-state index contributed by atoms with van der Waals surface area (Å²) in [7, 11) is 0. The molecule has 4 aromatic rings. The molecule has 38 heavy (non-hydrogen) atoms. The lowest BCUT2D eigenvalue weighted by Crippen LogP contribution is -2.39. The van der Waals surface area contributed by atoms with Gasteiger partial charge in [0, 0.05) is 30.9 Å². The Balaban J connectivity index is 1.52. The second-order valence-corrected chi connectivity index (χ2v) is 9.84. The van der Waals surface area contributed by atoms with E-state index in [4.69, 9.17) is 4.74 Å². The summed E-state index contributed by atoms with van der Waals surface area (Å²) in [6.45, 7) is 9.98. The van der Waals surface area contributed by atoms with Gasteiger partial charge in [0.2, 0.25) is 0 Å². The summed E-state index contributed by atoms with van der Waals surface area (Å²) in [4.78, 5) is 6.59. The largest absolute Gasteiger partial charge is 0.479 e. The van der Waals surface area contributed by atoms with Gasteiger partial charge in [-0.05, 0) is 58.7 Å². The number of aliphatic hydroxyl groups excluding tert-OH is 1. The molecule has 0 aromatic carbocycles. The van der Waals surface area contributed by atoms with Crippen molar-refractivity contribution in [1.29, 1.82) is 0 Å². The summed E-state index contributed by atoms with van der Waals surface area (Å²) < 4.78 is 23.5. The van der Waals surface area contributed by atoms with Gasteiger partial charge in [0.15, 0.2) is 6.10 Å². The Labute approximate surface area is 221 Å². The minimum Gasteiger partial charge on any atom is -0.479 e. The number of fused-ring (bicyclic) bond motifs is 1. The van der Waals surface area contributed by atoms with E-state index in [9.17, 15) is 9.50 Å². The van der Waals surface area contributed by atoms with E-state index in [2.05, 4.69) is 51.0 Å². The highest BCUT2D eigenvalue weighted by Gasteiger charge is 2.26. The molecule has 4 aromatic heterocycles. The van der Waals surface area contributed by atoms with Crippen molar-refractivity contribution in [2.24, 2.45) is 0 Å². The molecule has 0 spiro atoms. The van der Waals surface area contributed by atoms with Crippen LogP contribution in [0.15, 0.2) is 36.8 Å². The molecule has 5 heterocycles. The van der Waals surface area contributed by atoms with E-state index in [1.54, 1.807) is 17.6 Å². The fourth-order valence-electron chi connectivity index (χ4n) is 5.05. The molecule has 9 nitrogen and oxygen atoms in total. The Kier molecular flexibility index (Phi) is 7.40. The molecule has 10 heteroatoms. The van der Waals surface area contributed by atoms with E-state index in [1.165, 1.54) is 12.1 Å². The van der Waals surface area contributed by atoms with E-state index < -0.39 is 11.9 Å². The molecule has 5 rings (SSSR count). The number of hydrogen-bond acceptors (Lipinski definition) is 7. The highest BCUT2D eigenvalue weighted by atomic mass is 19.1. The number of likely N-dealkylation sites (tertiary alicyclic amines) is 1. The molecular formula is C28H32FN7O2. The SMILES string of the molecule is CC#Cc1cnn2cc(-c3nnn(C4CCN(C(C)C)CC4)c3C)cc(OC(CO)c3ccc(F)cn3)c12. The summed E-state index contributed by atoms with van der Waals surface area (Å²) >= 11 is 0. The van der Waals surface area contributed by atoms with Gasteiger partial charge in [0.05, 0.1) is 42.0 Å². The third kappa shape index (κ3) is 4.99. The molecule has 0 amide bonds. The van der Waals surface area contributed by atoms with Crippen LogP contribution in [0.5, 0.6) is 5.75 Å². The average Bonchev–Trinajstić information content (AvgIpc) is 3.51. The fourth-order valence-corrected chi connectivity index (χ4v) is 5.05. The molecule has 1 N–H and O–H groups in total. The summed E-state index contributed by atoms with van der Waals surface area (Å²) in [5.74, 6) is 5.97. The zero-order valence-electron chi connectivity index (χ0n) is 22.1. The molecular weight excluding hydrogens is 485 g/mol. The van der Waals surface area contributed by atoms with E-state index in [0.29, 0.717) is 34.6 Å². The molecule has 0 saturated carbocycles. The van der Waals surface area contributed by atoms with Gasteiger partial charge in [-0.3, -0.25) is 4.98 Å². The van der Waals surface area contributed by atoms with Crippen LogP contribution in [0, 0.1) is 24.6 Å². The number of piperidine rings is 1. The maximum Gasteiger partial charge on any atom is 0.163 e. The molecule has 0 bridgehead atoms. The van der Waals surface area contributed by atoms with Crippen molar-refractivity contribution in [3.63, 3.8) is 0 Å². The standard InChI is InChI=1S/C28H32FN7O2/c1-5-6-20-14-31-35-16-21(13-25(28(20)35)38-26(17-37)24-8-7-22(29)15-30-24)27-19(4)36(33-32-27)23-9-11-34(12-10-23)18(2)3/h7-8,13-16,18,23,26,37H,9-12,17H2,1-4H3. The normalized spacial score (nSPS) is 15.6. The zero-order valence-corrected chi connectivity index (χ0v) is 22.1. The first-order chi connectivity index (χ1) is 18.4. The van der Waals surface area contributed by atoms with Crippen molar-refractivity contribution < 1.29 is 14.2 Å². The first-order valence-corrected chi connectivity index (χ1v) is 12.9. The second-order valence-electron chi connectivity index (χ2n) is 9.84. The number of rotatable bonds is 7. The highest BCUT2D eigenvalue weighted by Crippen LogP contribution is 2.34. The first kappa shape index (κ1) is 25.8. The Morgan fingerprint density at radius 2 is 2.00 bits per heavy atom. The van der Waals surface area contributed by atoms with Crippen LogP contribution in [0.3, 0.4) is 0 Å². The molecule has 1 aliphatic rings. The van der Waals surface area contributed by atoms with Crippen LogP contribution in [0.4, 0.5) is 4.39 Å². The molecule has 1 fully saturated rings. The maximum atomic E-state index is 13.4. The predicted molar refractivity (Wildman–Crippen MR) is 141 cm³/mol. The Morgan fingerprint density at radius 3 is 2.66 bits per heavy atom. The molecule has 0 aliphatic carbocycles.